The number of ether oxygens (including phenoxy) is 1. The molecule has 0 atom stereocenters. The lowest BCUT2D eigenvalue weighted by molar-refractivity contribution is -0.119. The number of hydrogen-bond donors (Lipinski definition) is 2. The fourth-order valence-electron chi connectivity index (χ4n) is 2.49. The van der Waals surface area contributed by atoms with Gasteiger partial charge < -0.3 is 15.4 Å². The first-order valence-corrected chi connectivity index (χ1v) is 9.12. The molecule has 28 heavy (non-hydrogen) atoms. The monoisotopic (exact) mass is 406 g/mol. The summed E-state index contributed by atoms with van der Waals surface area (Å²) < 4.78 is 6.62. The molecule has 0 radical (unpaired) electrons. The van der Waals surface area contributed by atoms with E-state index in [1.165, 1.54) is 6.92 Å². The van der Waals surface area contributed by atoms with Crippen molar-refractivity contribution in [1.82, 2.24) is 9.78 Å². The number of nitrogens with one attached hydrogen (secondary N) is 2. The molecule has 0 bridgehead atoms. The Kier molecular flexibility index (Phi) is 7.17. The van der Waals surface area contributed by atoms with Crippen LogP contribution in [0, 0.1) is 12.8 Å². The highest BCUT2D eigenvalue weighted by molar-refractivity contribution is 6.32. The van der Waals surface area contributed by atoms with Crippen LogP contribution in [0.4, 0.5) is 11.4 Å². The van der Waals surface area contributed by atoms with Crippen molar-refractivity contribution in [2.75, 3.05) is 17.2 Å². The van der Waals surface area contributed by atoms with Crippen molar-refractivity contribution in [1.29, 1.82) is 0 Å². The van der Waals surface area contributed by atoms with Gasteiger partial charge in [0.15, 0.2) is 6.61 Å². The Morgan fingerprint density at radius 2 is 1.71 bits per heavy atom. The largest absolute Gasteiger partial charge is 0.452 e. The Morgan fingerprint density at radius 1 is 1.14 bits per heavy atom. The third-order valence-corrected chi connectivity index (χ3v) is 4.02. The number of aryl methyl sites for hydroxylation is 1. The summed E-state index contributed by atoms with van der Waals surface area (Å²) in [6.45, 7) is 7.21. The molecule has 150 valence electrons. The van der Waals surface area contributed by atoms with Crippen LogP contribution in [0.15, 0.2) is 24.3 Å². The van der Waals surface area contributed by atoms with Crippen molar-refractivity contribution < 1.29 is 19.1 Å². The number of nitrogens with zero attached hydrogens (tertiary/aromatic N) is 2. The van der Waals surface area contributed by atoms with Gasteiger partial charge in [0.25, 0.3) is 5.91 Å². The van der Waals surface area contributed by atoms with Crippen LogP contribution in [0.25, 0.3) is 0 Å². The van der Waals surface area contributed by atoms with E-state index in [-0.39, 0.29) is 16.6 Å². The fourth-order valence-corrected chi connectivity index (χ4v) is 2.81. The molecule has 8 nitrogen and oxygen atoms in total. The van der Waals surface area contributed by atoms with Crippen LogP contribution < -0.4 is 10.6 Å². The van der Waals surface area contributed by atoms with Gasteiger partial charge in [-0.15, -0.1) is 0 Å². The highest BCUT2D eigenvalue weighted by Crippen LogP contribution is 2.22. The van der Waals surface area contributed by atoms with Gasteiger partial charge in [-0.2, -0.15) is 5.10 Å². The van der Waals surface area contributed by atoms with E-state index < -0.39 is 18.5 Å². The second kappa shape index (κ2) is 9.36. The van der Waals surface area contributed by atoms with Crippen LogP contribution >= 0.6 is 11.6 Å². The summed E-state index contributed by atoms with van der Waals surface area (Å²) >= 11 is 6.23. The highest BCUT2D eigenvalue weighted by atomic mass is 35.5. The first kappa shape index (κ1) is 21.4. The van der Waals surface area contributed by atoms with Crippen molar-refractivity contribution in [3.63, 3.8) is 0 Å². The van der Waals surface area contributed by atoms with Crippen LogP contribution in [-0.2, 0) is 20.9 Å². The predicted molar refractivity (Wildman–Crippen MR) is 106 cm³/mol. The number of hydrogen-bond acceptors (Lipinski definition) is 5. The van der Waals surface area contributed by atoms with Crippen molar-refractivity contribution in [2.24, 2.45) is 5.92 Å². The lowest BCUT2D eigenvalue weighted by Gasteiger charge is -2.08. The zero-order chi connectivity index (χ0) is 20.8. The number of halogens is 1. The van der Waals surface area contributed by atoms with Gasteiger partial charge in [-0.05, 0) is 37.1 Å². The maximum atomic E-state index is 12.3. The number of anilines is 2. The zero-order valence-corrected chi connectivity index (χ0v) is 17.0. The molecular weight excluding hydrogens is 384 g/mol. The summed E-state index contributed by atoms with van der Waals surface area (Å²) in [6.07, 6.45) is 0. The fraction of sp³-hybridized carbons (Fsp3) is 0.368. The standard InChI is InChI=1S/C19H23ClN4O4/c1-11(2)9-24-18(20)17(12(3)23-24)19(27)28-10-16(26)22-15-7-5-14(6-8-15)21-13(4)25/h5-8,11H,9-10H2,1-4H3,(H,21,25)(H,22,26). The van der Waals surface area contributed by atoms with Crippen LogP contribution in [0.1, 0.15) is 36.8 Å². The molecule has 2 N–H and O–H groups in total. The number of rotatable bonds is 7. The van der Waals surface area contributed by atoms with E-state index in [0.717, 1.165) is 0 Å². The SMILES string of the molecule is CC(=O)Nc1ccc(NC(=O)COC(=O)c2c(C)nn(CC(C)C)c2Cl)cc1. The van der Waals surface area contributed by atoms with Gasteiger partial charge in [0.05, 0.1) is 5.69 Å². The smallest absolute Gasteiger partial charge is 0.343 e. The topological polar surface area (TPSA) is 102 Å². The molecule has 0 aliphatic carbocycles. The lowest BCUT2D eigenvalue weighted by Crippen LogP contribution is -2.21. The van der Waals surface area contributed by atoms with Crippen LogP contribution in [0.2, 0.25) is 5.15 Å². The van der Waals surface area contributed by atoms with E-state index in [1.807, 2.05) is 13.8 Å². The Hall–Kier alpha value is -2.87. The molecule has 1 aromatic heterocycles. The quantitative estimate of drug-likeness (QED) is 0.687. The van der Waals surface area contributed by atoms with Gasteiger partial charge in [0, 0.05) is 24.8 Å². The molecule has 1 aromatic carbocycles. The van der Waals surface area contributed by atoms with Gasteiger partial charge in [-0.25, -0.2) is 4.79 Å². The molecule has 0 aliphatic heterocycles. The number of carbonyl (C=O) groups is 3. The number of aromatic nitrogens is 2. The average molecular weight is 407 g/mol. The molecule has 0 unspecified atom stereocenters. The highest BCUT2D eigenvalue weighted by Gasteiger charge is 2.22. The molecule has 2 aromatic rings. The van der Waals surface area contributed by atoms with Crippen molar-refractivity contribution in [3.05, 3.63) is 40.7 Å². The third-order valence-electron chi connectivity index (χ3n) is 3.63. The molecular formula is C19H23ClN4O4. The number of esters is 1. The second-order valence-corrected chi connectivity index (χ2v) is 7.07. The molecule has 0 fully saturated rings. The van der Waals surface area contributed by atoms with Gasteiger partial charge in [-0.1, -0.05) is 25.4 Å². The maximum absolute atomic E-state index is 12.3. The van der Waals surface area contributed by atoms with E-state index in [2.05, 4.69) is 15.7 Å². The van der Waals surface area contributed by atoms with Gasteiger partial charge in [-0.3, -0.25) is 14.3 Å². The van der Waals surface area contributed by atoms with E-state index in [1.54, 1.807) is 35.9 Å². The third kappa shape index (κ3) is 5.82. The van der Waals surface area contributed by atoms with E-state index in [0.29, 0.717) is 29.5 Å². The number of benzene rings is 1. The molecule has 2 rings (SSSR count). The van der Waals surface area contributed by atoms with Crippen LogP contribution in [-0.4, -0.2) is 34.2 Å². The Labute approximate surface area is 168 Å². The van der Waals surface area contributed by atoms with E-state index in [9.17, 15) is 14.4 Å². The second-order valence-electron chi connectivity index (χ2n) is 6.71. The first-order chi connectivity index (χ1) is 13.2. The van der Waals surface area contributed by atoms with Crippen LogP contribution in [0.3, 0.4) is 0 Å². The lowest BCUT2D eigenvalue weighted by atomic mass is 10.2. The summed E-state index contributed by atoms with van der Waals surface area (Å²) in [5.41, 5.74) is 1.73. The molecule has 9 heteroatoms. The Balaban J connectivity index is 1.93. The van der Waals surface area contributed by atoms with Crippen LogP contribution in [0.5, 0.6) is 0 Å². The zero-order valence-electron chi connectivity index (χ0n) is 16.2. The summed E-state index contributed by atoms with van der Waals surface area (Å²) in [5, 5.41) is 9.68. The minimum atomic E-state index is -0.700. The minimum absolute atomic E-state index is 0.162. The number of carbonyl (C=O) groups excluding carboxylic acids is 3. The summed E-state index contributed by atoms with van der Waals surface area (Å²) in [6, 6.07) is 6.55. The normalized spacial score (nSPS) is 10.6. The van der Waals surface area contributed by atoms with Crippen molar-refractivity contribution in [2.45, 2.75) is 34.2 Å². The molecule has 2 amide bonds. The Bertz CT molecular complexity index is 875. The summed E-state index contributed by atoms with van der Waals surface area (Å²) in [7, 11) is 0. The summed E-state index contributed by atoms with van der Waals surface area (Å²) in [4.78, 5) is 35.3. The summed E-state index contributed by atoms with van der Waals surface area (Å²) in [5.74, 6) is -1.07. The van der Waals surface area contributed by atoms with Gasteiger partial charge >= 0.3 is 5.97 Å². The van der Waals surface area contributed by atoms with Gasteiger partial charge in [0.2, 0.25) is 5.91 Å². The van der Waals surface area contributed by atoms with Crippen molar-refractivity contribution in [3.8, 4) is 0 Å². The molecule has 0 saturated heterocycles. The molecule has 0 spiro atoms. The van der Waals surface area contributed by atoms with Gasteiger partial charge in [0.1, 0.15) is 10.7 Å². The van der Waals surface area contributed by atoms with E-state index in [4.69, 9.17) is 16.3 Å². The van der Waals surface area contributed by atoms with E-state index >= 15 is 0 Å². The van der Waals surface area contributed by atoms with Crippen molar-refractivity contribution >= 4 is 40.8 Å². The first-order valence-electron chi connectivity index (χ1n) is 8.75. The number of amides is 2. The molecule has 1 heterocycles. The predicted octanol–water partition coefficient (Wildman–Crippen LogP) is 3.25. The minimum Gasteiger partial charge on any atom is -0.452 e. The molecule has 0 saturated carbocycles. The Morgan fingerprint density at radius 3 is 2.25 bits per heavy atom. The molecule has 0 aliphatic rings. The maximum Gasteiger partial charge on any atom is 0.343 e. The average Bonchev–Trinajstić information content (AvgIpc) is 2.87.